The number of carboxylic acid groups (broad SMARTS) is 1. The second kappa shape index (κ2) is 8.29. The average Bonchev–Trinajstić information content (AvgIpc) is 2.43. The fourth-order valence-corrected chi connectivity index (χ4v) is 1.70. The SMILES string of the molecule is COCCC(N)C(=O)Nc1ccccc1CCC(=O)O. The van der Waals surface area contributed by atoms with Crippen LogP contribution in [0.5, 0.6) is 0 Å². The summed E-state index contributed by atoms with van der Waals surface area (Å²) >= 11 is 0. The number of nitrogens with one attached hydrogen (secondary N) is 1. The Balaban J connectivity index is 2.66. The highest BCUT2D eigenvalue weighted by Gasteiger charge is 2.14. The van der Waals surface area contributed by atoms with E-state index in [0.29, 0.717) is 25.1 Å². The summed E-state index contributed by atoms with van der Waals surface area (Å²) in [7, 11) is 1.55. The van der Waals surface area contributed by atoms with Gasteiger partial charge in [0.15, 0.2) is 0 Å². The number of carbonyl (C=O) groups excluding carboxylic acids is 1. The Kier molecular flexibility index (Phi) is 6.69. The molecule has 6 heteroatoms. The number of aliphatic carboxylic acids is 1. The topological polar surface area (TPSA) is 102 Å². The Labute approximate surface area is 117 Å². The van der Waals surface area contributed by atoms with Crippen molar-refractivity contribution in [1.82, 2.24) is 0 Å². The smallest absolute Gasteiger partial charge is 0.303 e. The molecule has 0 radical (unpaired) electrons. The monoisotopic (exact) mass is 280 g/mol. The number of amides is 1. The summed E-state index contributed by atoms with van der Waals surface area (Å²) in [6.45, 7) is 0.412. The molecule has 1 unspecified atom stereocenters. The van der Waals surface area contributed by atoms with Gasteiger partial charge in [-0.25, -0.2) is 0 Å². The minimum absolute atomic E-state index is 0.0165. The van der Waals surface area contributed by atoms with E-state index < -0.39 is 12.0 Å². The molecule has 0 aliphatic rings. The highest BCUT2D eigenvalue weighted by molar-refractivity contribution is 5.95. The highest BCUT2D eigenvalue weighted by Crippen LogP contribution is 2.17. The van der Waals surface area contributed by atoms with Gasteiger partial charge >= 0.3 is 5.97 Å². The second-order valence-electron chi connectivity index (χ2n) is 4.43. The summed E-state index contributed by atoms with van der Waals surface area (Å²) in [5.41, 5.74) is 7.12. The van der Waals surface area contributed by atoms with Crippen LogP contribution in [-0.4, -0.2) is 36.7 Å². The lowest BCUT2D eigenvalue weighted by molar-refractivity contribution is -0.136. The molecule has 0 fully saturated rings. The number of hydrogen-bond donors (Lipinski definition) is 3. The van der Waals surface area contributed by atoms with E-state index in [0.717, 1.165) is 5.56 Å². The molecule has 20 heavy (non-hydrogen) atoms. The maximum atomic E-state index is 11.9. The number of ether oxygens (including phenoxy) is 1. The molecule has 0 saturated heterocycles. The standard InChI is InChI=1S/C14H20N2O4/c1-20-9-8-11(15)14(19)16-12-5-3-2-4-10(12)6-7-13(17)18/h2-5,11H,6-9,15H2,1H3,(H,16,19)(H,17,18). The number of carbonyl (C=O) groups is 2. The number of para-hydroxylation sites is 1. The zero-order valence-electron chi connectivity index (χ0n) is 11.5. The number of nitrogens with two attached hydrogens (primary N) is 1. The molecule has 0 aliphatic carbocycles. The van der Waals surface area contributed by atoms with E-state index in [9.17, 15) is 9.59 Å². The van der Waals surface area contributed by atoms with E-state index in [2.05, 4.69) is 5.32 Å². The second-order valence-corrected chi connectivity index (χ2v) is 4.43. The third-order valence-corrected chi connectivity index (χ3v) is 2.85. The van der Waals surface area contributed by atoms with Crippen molar-refractivity contribution in [2.45, 2.75) is 25.3 Å². The van der Waals surface area contributed by atoms with Crippen LogP contribution in [0.4, 0.5) is 5.69 Å². The fourth-order valence-electron chi connectivity index (χ4n) is 1.70. The molecule has 1 atom stereocenters. The first-order valence-corrected chi connectivity index (χ1v) is 6.39. The lowest BCUT2D eigenvalue weighted by Crippen LogP contribution is -2.36. The van der Waals surface area contributed by atoms with Crippen molar-refractivity contribution < 1.29 is 19.4 Å². The lowest BCUT2D eigenvalue weighted by Gasteiger charge is -2.14. The summed E-state index contributed by atoms with van der Waals surface area (Å²) in [4.78, 5) is 22.5. The maximum Gasteiger partial charge on any atom is 0.303 e. The Hall–Kier alpha value is -1.92. The van der Waals surface area contributed by atoms with Gasteiger partial charge in [0.05, 0.1) is 6.04 Å². The summed E-state index contributed by atoms with van der Waals surface area (Å²) < 4.78 is 4.88. The highest BCUT2D eigenvalue weighted by atomic mass is 16.5. The number of benzene rings is 1. The van der Waals surface area contributed by atoms with Crippen molar-refractivity contribution in [3.05, 3.63) is 29.8 Å². The van der Waals surface area contributed by atoms with Gasteiger partial charge < -0.3 is 20.9 Å². The molecule has 110 valence electrons. The zero-order valence-corrected chi connectivity index (χ0v) is 11.5. The summed E-state index contributed by atoms with van der Waals surface area (Å²) in [5, 5.41) is 11.4. The molecule has 1 amide bonds. The molecule has 0 heterocycles. The molecule has 4 N–H and O–H groups in total. The van der Waals surface area contributed by atoms with E-state index >= 15 is 0 Å². The largest absolute Gasteiger partial charge is 0.481 e. The number of hydrogen-bond acceptors (Lipinski definition) is 4. The number of aryl methyl sites for hydroxylation is 1. The van der Waals surface area contributed by atoms with Crippen molar-refractivity contribution in [1.29, 1.82) is 0 Å². The predicted octanol–water partition coefficient (Wildman–Crippen LogP) is 1.01. The van der Waals surface area contributed by atoms with E-state index in [4.69, 9.17) is 15.6 Å². The number of methoxy groups -OCH3 is 1. The van der Waals surface area contributed by atoms with Gasteiger partial charge in [0, 0.05) is 25.8 Å². The van der Waals surface area contributed by atoms with Crippen LogP contribution < -0.4 is 11.1 Å². The first-order chi connectivity index (χ1) is 9.54. The van der Waals surface area contributed by atoms with Gasteiger partial charge in [-0.15, -0.1) is 0 Å². The van der Waals surface area contributed by atoms with Crippen molar-refractivity contribution in [2.75, 3.05) is 19.0 Å². The minimum atomic E-state index is -0.872. The van der Waals surface area contributed by atoms with Gasteiger partial charge in [-0.05, 0) is 24.5 Å². The van der Waals surface area contributed by atoms with Crippen LogP contribution in [0.3, 0.4) is 0 Å². The predicted molar refractivity (Wildman–Crippen MR) is 75.5 cm³/mol. The van der Waals surface area contributed by atoms with Crippen LogP contribution in [0.2, 0.25) is 0 Å². The summed E-state index contributed by atoms with van der Waals surface area (Å²) in [6.07, 6.45) is 0.807. The van der Waals surface area contributed by atoms with E-state index in [1.165, 1.54) is 0 Å². The quantitative estimate of drug-likeness (QED) is 0.659. The minimum Gasteiger partial charge on any atom is -0.481 e. The molecule has 0 aromatic heterocycles. The van der Waals surface area contributed by atoms with Crippen molar-refractivity contribution in [2.24, 2.45) is 5.73 Å². The molecule has 1 aromatic rings. The van der Waals surface area contributed by atoms with Crippen LogP contribution in [0.25, 0.3) is 0 Å². The first kappa shape index (κ1) is 16.1. The van der Waals surface area contributed by atoms with Crippen molar-refractivity contribution in [3.8, 4) is 0 Å². The maximum absolute atomic E-state index is 11.9. The van der Waals surface area contributed by atoms with E-state index in [1.54, 1.807) is 31.4 Å². The molecule has 1 aromatic carbocycles. The van der Waals surface area contributed by atoms with Crippen molar-refractivity contribution >= 4 is 17.6 Å². The van der Waals surface area contributed by atoms with E-state index in [1.807, 2.05) is 0 Å². The average molecular weight is 280 g/mol. The molecule has 0 saturated carbocycles. The molecular weight excluding hydrogens is 260 g/mol. The third-order valence-electron chi connectivity index (χ3n) is 2.85. The van der Waals surface area contributed by atoms with Gasteiger partial charge in [0.2, 0.25) is 5.91 Å². The number of anilines is 1. The normalized spacial score (nSPS) is 11.9. The van der Waals surface area contributed by atoms with Gasteiger partial charge in [0.1, 0.15) is 0 Å². The Morgan fingerprint density at radius 1 is 1.40 bits per heavy atom. The Bertz CT molecular complexity index is 462. The number of rotatable bonds is 8. The lowest BCUT2D eigenvalue weighted by atomic mass is 10.1. The van der Waals surface area contributed by atoms with Crippen LogP contribution >= 0.6 is 0 Å². The molecular formula is C14H20N2O4. The van der Waals surface area contributed by atoms with Gasteiger partial charge in [-0.2, -0.15) is 0 Å². The fraction of sp³-hybridized carbons (Fsp3) is 0.429. The third kappa shape index (κ3) is 5.38. The van der Waals surface area contributed by atoms with Crippen LogP contribution in [0, 0.1) is 0 Å². The van der Waals surface area contributed by atoms with Crippen LogP contribution in [-0.2, 0) is 20.7 Å². The first-order valence-electron chi connectivity index (χ1n) is 6.39. The van der Waals surface area contributed by atoms with Gasteiger partial charge in [0.25, 0.3) is 0 Å². The molecule has 0 spiro atoms. The zero-order chi connectivity index (χ0) is 15.0. The van der Waals surface area contributed by atoms with Gasteiger partial charge in [-0.3, -0.25) is 9.59 Å². The molecule has 0 aliphatic heterocycles. The summed E-state index contributed by atoms with van der Waals surface area (Å²) in [6, 6.07) is 6.46. The van der Waals surface area contributed by atoms with Crippen molar-refractivity contribution in [3.63, 3.8) is 0 Å². The van der Waals surface area contributed by atoms with E-state index in [-0.39, 0.29) is 12.3 Å². The Morgan fingerprint density at radius 2 is 2.10 bits per heavy atom. The van der Waals surface area contributed by atoms with Crippen LogP contribution in [0.15, 0.2) is 24.3 Å². The number of carboxylic acids is 1. The Morgan fingerprint density at radius 3 is 2.75 bits per heavy atom. The molecule has 6 nitrogen and oxygen atoms in total. The molecule has 0 bridgehead atoms. The molecule has 1 rings (SSSR count). The summed E-state index contributed by atoms with van der Waals surface area (Å²) in [5.74, 6) is -1.17. The van der Waals surface area contributed by atoms with Crippen LogP contribution in [0.1, 0.15) is 18.4 Å². The van der Waals surface area contributed by atoms with Gasteiger partial charge in [-0.1, -0.05) is 18.2 Å².